The highest BCUT2D eigenvalue weighted by Gasteiger charge is 2.61. The maximum absolute atomic E-state index is 13.0. The van der Waals surface area contributed by atoms with Crippen molar-refractivity contribution in [2.45, 2.75) is 111 Å². The third-order valence-electron chi connectivity index (χ3n) is 11.7. The molecular formula is C34H51NO4. The van der Waals surface area contributed by atoms with Gasteiger partial charge >= 0.3 is 6.09 Å². The number of carbonyl (C=O) groups is 1. The number of aliphatic hydroxyl groups is 1. The first-order valence-electron chi connectivity index (χ1n) is 15.7. The molecule has 0 saturated heterocycles. The Balaban J connectivity index is 1.33. The molecule has 3 N–H and O–H groups in total. The first-order chi connectivity index (χ1) is 18.5. The first kappa shape index (κ1) is 28.5. The van der Waals surface area contributed by atoms with E-state index in [1.165, 1.54) is 50.5 Å². The molecule has 0 radical (unpaired) electrons. The lowest BCUT2D eigenvalue weighted by Crippen LogP contribution is -2.56. The standard InChI is InChI=1S/C34H51NO4/c1-21(2)7-6-8-22(3)28-15-16-29-27-14-9-23-19-26(37)20-31(34(23,5)30(27)17-18-33(28,29)4)39-32(38)35-24-10-12-25(36)13-11-24/h9-13,21-22,26-31,36-37H,6-8,14-20H2,1-5H3,(H,35,38)/t22-,26+,27+,28-,29+,30+,31?,33-,34+/m1/s1. The molecule has 39 heavy (non-hydrogen) atoms. The summed E-state index contributed by atoms with van der Waals surface area (Å²) < 4.78 is 6.16. The molecule has 0 bridgehead atoms. The van der Waals surface area contributed by atoms with Crippen LogP contribution in [0.1, 0.15) is 98.8 Å². The fourth-order valence-corrected chi connectivity index (χ4v) is 9.69. The van der Waals surface area contributed by atoms with Crippen LogP contribution in [0.15, 0.2) is 35.9 Å². The maximum Gasteiger partial charge on any atom is 0.411 e. The number of ether oxygens (including phenoxy) is 1. The van der Waals surface area contributed by atoms with Crippen molar-refractivity contribution in [2.75, 3.05) is 5.32 Å². The van der Waals surface area contributed by atoms with Gasteiger partial charge in [0.1, 0.15) is 11.9 Å². The second-order valence-corrected chi connectivity index (χ2v) is 14.3. The van der Waals surface area contributed by atoms with Gasteiger partial charge in [0.15, 0.2) is 0 Å². The summed E-state index contributed by atoms with van der Waals surface area (Å²) in [5.41, 5.74) is 2.05. The van der Waals surface area contributed by atoms with Gasteiger partial charge in [0.05, 0.1) is 6.10 Å². The Kier molecular flexibility index (Phi) is 8.12. The van der Waals surface area contributed by atoms with Crippen molar-refractivity contribution in [2.24, 2.45) is 46.3 Å². The topological polar surface area (TPSA) is 78.8 Å². The summed E-state index contributed by atoms with van der Waals surface area (Å²) >= 11 is 0. The van der Waals surface area contributed by atoms with Crippen molar-refractivity contribution in [3.8, 4) is 5.75 Å². The predicted molar refractivity (Wildman–Crippen MR) is 156 cm³/mol. The molecule has 5 nitrogen and oxygen atoms in total. The lowest BCUT2D eigenvalue weighted by atomic mass is 9.46. The molecular weight excluding hydrogens is 486 g/mol. The molecule has 3 saturated carbocycles. The summed E-state index contributed by atoms with van der Waals surface area (Å²) in [6, 6.07) is 6.43. The monoisotopic (exact) mass is 537 g/mol. The van der Waals surface area contributed by atoms with E-state index in [1.54, 1.807) is 24.3 Å². The van der Waals surface area contributed by atoms with Gasteiger partial charge in [-0.1, -0.05) is 65.5 Å². The number of phenols is 1. The molecule has 3 fully saturated rings. The molecule has 4 aliphatic rings. The predicted octanol–water partition coefficient (Wildman–Crippen LogP) is 8.32. The van der Waals surface area contributed by atoms with E-state index in [1.807, 2.05) is 0 Å². The van der Waals surface area contributed by atoms with E-state index in [0.717, 1.165) is 30.1 Å². The summed E-state index contributed by atoms with van der Waals surface area (Å²) in [7, 11) is 0. The van der Waals surface area contributed by atoms with Gasteiger partial charge in [0.2, 0.25) is 0 Å². The van der Waals surface area contributed by atoms with Crippen LogP contribution in [0.3, 0.4) is 0 Å². The Bertz CT molecular complexity index is 1050. The van der Waals surface area contributed by atoms with Crippen LogP contribution >= 0.6 is 0 Å². The van der Waals surface area contributed by atoms with Crippen molar-refractivity contribution < 1.29 is 19.7 Å². The minimum absolute atomic E-state index is 0.156. The van der Waals surface area contributed by atoms with Crippen molar-refractivity contribution in [3.63, 3.8) is 0 Å². The Morgan fingerprint density at radius 3 is 2.54 bits per heavy atom. The third kappa shape index (κ3) is 5.37. The van der Waals surface area contributed by atoms with Gasteiger partial charge in [0.25, 0.3) is 0 Å². The molecule has 0 aromatic heterocycles. The van der Waals surface area contributed by atoms with Crippen LogP contribution in [0.4, 0.5) is 10.5 Å². The molecule has 1 unspecified atom stereocenters. The number of carbonyl (C=O) groups excluding carboxylic acids is 1. The number of hydrogen-bond donors (Lipinski definition) is 3. The lowest BCUT2D eigenvalue weighted by Gasteiger charge is -2.60. The van der Waals surface area contributed by atoms with Crippen molar-refractivity contribution in [3.05, 3.63) is 35.9 Å². The van der Waals surface area contributed by atoms with E-state index >= 15 is 0 Å². The van der Waals surface area contributed by atoms with Gasteiger partial charge in [-0.15, -0.1) is 0 Å². The smallest absolute Gasteiger partial charge is 0.411 e. The highest BCUT2D eigenvalue weighted by molar-refractivity contribution is 5.84. The van der Waals surface area contributed by atoms with Gasteiger partial charge < -0.3 is 14.9 Å². The largest absolute Gasteiger partial charge is 0.508 e. The summed E-state index contributed by atoms with van der Waals surface area (Å²) in [6.07, 6.45) is 12.5. The molecule has 5 heteroatoms. The molecule has 9 atom stereocenters. The van der Waals surface area contributed by atoms with Crippen LogP contribution in [0.5, 0.6) is 5.75 Å². The zero-order valence-corrected chi connectivity index (χ0v) is 24.8. The fraction of sp³-hybridized carbons (Fsp3) is 0.735. The van der Waals surface area contributed by atoms with Gasteiger partial charge in [-0.05, 0) is 104 Å². The number of nitrogens with one attached hydrogen (secondary N) is 1. The molecule has 216 valence electrons. The molecule has 1 aromatic carbocycles. The van der Waals surface area contributed by atoms with Crippen molar-refractivity contribution in [1.82, 2.24) is 0 Å². The highest BCUT2D eigenvalue weighted by atomic mass is 16.6. The van der Waals surface area contributed by atoms with Crippen molar-refractivity contribution in [1.29, 1.82) is 0 Å². The number of rotatable bonds is 7. The van der Waals surface area contributed by atoms with Gasteiger partial charge in [0, 0.05) is 17.5 Å². The van der Waals surface area contributed by atoms with Crippen LogP contribution in [0.25, 0.3) is 0 Å². The fourth-order valence-electron chi connectivity index (χ4n) is 9.69. The van der Waals surface area contributed by atoms with Gasteiger partial charge in [-0.25, -0.2) is 4.79 Å². The van der Waals surface area contributed by atoms with E-state index in [4.69, 9.17) is 4.74 Å². The minimum atomic E-state index is -0.487. The average molecular weight is 538 g/mol. The minimum Gasteiger partial charge on any atom is -0.508 e. The average Bonchev–Trinajstić information content (AvgIpc) is 3.23. The number of aromatic hydroxyl groups is 1. The number of fused-ring (bicyclic) bond motifs is 5. The first-order valence-corrected chi connectivity index (χ1v) is 15.7. The van der Waals surface area contributed by atoms with Crippen LogP contribution < -0.4 is 5.32 Å². The Hall–Kier alpha value is -2.01. The normalized spacial score (nSPS) is 38.3. The van der Waals surface area contributed by atoms with Crippen LogP contribution in [-0.2, 0) is 4.74 Å². The number of hydrogen-bond acceptors (Lipinski definition) is 4. The quantitative estimate of drug-likeness (QED) is 0.241. The Morgan fingerprint density at radius 2 is 1.82 bits per heavy atom. The summed E-state index contributed by atoms with van der Waals surface area (Å²) in [4.78, 5) is 13.0. The molecule has 0 aliphatic heterocycles. The maximum atomic E-state index is 13.0. The molecule has 0 spiro atoms. The molecule has 4 aliphatic carbocycles. The zero-order valence-electron chi connectivity index (χ0n) is 24.8. The van der Waals surface area contributed by atoms with Crippen LogP contribution in [0.2, 0.25) is 0 Å². The van der Waals surface area contributed by atoms with E-state index in [9.17, 15) is 15.0 Å². The lowest BCUT2D eigenvalue weighted by molar-refractivity contribution is -0.108. The number of phenolic OH excluding ortho intramolecular Hbond substituents is 1. The number of benzene rings is 1. The van der Waals surface area contributed by atoms with E-state index in [-0.39, 0.29) is 17.3 Å². The van der Waals surface area contributed by atoms with Crippen molar-refractivity contribution >= 4 is 11.8 Å². The number of aliphatic hydroxyl groups excluding tert-OH is 1. The van der Waals surface area contributed by atoms with Crippen LogP contribution in [0, 0.1) is 46.3 Å². The zero-order chi connectivity index (χ0) is 27.9. The second kappa shape index (κ2) is 11.1. The van der Waals surface area contributed by atoms with E-state index < -0.39 is 12.2 Å². The SMILES string of the molecule is CC(C)CCC[C@@H](C)[C@H]1CC[C@H]2[C@@H]3CC=C4C[C@H](O)CC(OC(=O)Nc5ccc(O)cc5)[C@]4(C)[C@H]3CC[C@]12C. The Labute approximate surface area is 235 Å². The second-order valence-electron chi connectivity index (χ2n) is 14.3. The molecule has 5 rings (SSSR count). The van der Waals surface area contributed by atoms with Gasteiger partial charge in [-0.3, -0.25) is 5.32 Å². The summed E-state index contributed by atoms with van der Waals surface area (Å²) in [6.45, 7) is 12.1. The van der Waals surface area contributed by atoms with Gasteiger partial charge in [-0.2, -0.15) is 0 Å². The van der Waals surface area contributed by atoms with E-state index in [2.05, 4.69) is 46.0 Å². The summed E-state index contributed by atoms with van der Waals surface area (Å²) in [5, 5.41) is 23.2. The summed E-state index contributed by atoms with van der Waals surface area (Å²) in [5.74, 6) is 4.35. The molecule has 1 amide bonds. The third-order valence-corrected chi connectivity index (χ3v) is 11.7. The van der Waals surface area contributed by atoms with E-state index in [0.29, 0.717) is 35.8 Å². The number of allylic oxidation sites excluding steroid dienone is 1. The molecule has 1 aromatic rings. The highest BCUT2D eigenvalue weighted by Crippen LogP contribution is 2.67. The van der Waals surface area contributed by atoms with Crippen LogP contribution in [-0.4, -0.2) is 28.5 Å². The number of anilines is 1. The number of amides is 1. The molecule has 0 heterocycles. The Morgan fingerprint density at radius 1 is 1.08 bits per heavy atom.